The molecule has 1 atom stereocenters. The van der Waals surface area contributed by atoms with Crippen LogP contribution >= 0.6 is 0 Å². The number of aliphatic hydroxyl groups excluding tert-OH is 1. The van der Waals surface area contributed by atoms with Gasteiger partial charge < -0.3 is 10.4 Å². The molecule has 102 valence electrons. The summed E-state index contributed by atoms with van der Waals surface area (Å²) in [6.45, 7) is 11.0. The first-order chi connectivity index (χ1) is 7.95. The minimum absolute atomic E-state index is 0.137. The van der Waals surface area contributed by atoms with Gasteiger partial charge in [-0.3, -0.25) is 0 Å². The predicted molar refractivity (Wildman–Crippen MR) is 74.1 cm³/mol. The van der Waals surface area contributed by atoms with E-state index >= 15 is 0 Å². The summed E-state index contributed by atoms with van der Waals surface area (Å²) in [6, 6.07) is 0. The van der Waals surface area contributed by atoms with Crippen molar-refractivity contribution < 1.29 is 5.11 Å². The van der Waals surface area contributed by atoms with Crippen LogP contribution in [0, 0.1) is 17.3 Å². The maximum Gasteiger partial charge on any atom is 0.0692 e. The molecule has 0 saturated heterocycles. The molecule has 0 radical (unpaired) electrons. The summed E-state index contributed by atoms with van der Waals surface area (Å²) in [5.41, 5.74) is 0.441. The molecule has 0 spiro atoms. The van der Waals surface area contributed by atoms with Gasteiger partial charge >= 0.3 is 0 Å². The van der Waals surface area contributed by atoms with E-state index in [1.807, 2.05) is 0 Å². The summed E-state index contributed by atoms with van der Waals surface area (Å²) in [4.78, 5) is 0. The van der Waals surface area contributed by atoms with Crippen LogP contribution in [0.5, 0.6) is 0 Å². The minimum Gasteiger partial charge on any atom is -0.392 e. The van der Waals surface area contributed by atoms with Crippen LogP contribution in [0.4, 0.5) is 0 Å². The Bertz CT molecular complexity index is 201. The van der Waals surface area contributed by atoms with Crippen molar-refractivity contribution in [1.82, 2.24) is 5.32 Å². The van der Waals surface area contributed by atoms with Crippen molar-refractivity contribution in [2.24, 2.45) is 17.3 Å². The third-order valence-electron chi connectivity index (χ3n) is 4.32. The molecule has 0 aromatic rings. The zero-order valence-electron chi connectivity index (χ0n) is 12.1. The van der Waals surface area contributed by atoms with Crippen LogP contribution in [0.3, 0.4) is 0 Å². The van der Waals surface area contributed by atoms with Gasteiger partial charge in [-0.15, -0.1) is 0 Å². The molecule has 2 nitrogen and oxygen atoms in total. The van der Waals surface area contributed by atoms with Crippen LogP contribution in [0.1, 0.15) is 59.8 Å². The molecule has 0 bridgehead atoms. The number of nitrogens with one attached hydrogen (secondary N) is 1. The number of hydrogen-bond donors (Lipinski definition) is 2. The fourth-order valence-electron chi connectivity index (χ4n) is 2.96. The Kier molecular flexibility index (Phi) is 5.94. The van der Waals surface area contributed by atoms with E-state index in [1.165, 1.54) is 25.7 Å². The molecule has 17 heavy (non-hydrogen) atoms. The lowest BCUT2D eigenvalue weighted by Gasteiger charge is -2.38. The number of hydrogen-bond acceptors (Lipinski definition) is 2. The lowest BCUT2D eigenvalue weighted by molar-refractivity contribution is 0.0535. The van der Waals surface area contributed by atoms with Gasteiger partial charge in [0.05, 0.1) is 6.10 Å². The van der Waals surface area contributed by atoms with Crippen molar-refractivity contribution in [1.29, 1.82) is 0 Å². The average molecular weight is 241 g/mol. The maximum atomic E-state index is 10.1. The third-order valence-corrected chi connectivity index (χ3v) is 4.32. The summed E-state index contributed by atoms with van der Waals surface area (Å²) in [6.07, 6.45) is 6.00. The molecule has 2 heteroatoms. The lowest BCUT2D eigenvalue weighted by atomic mass is 9.69. The Morgan fingerprint density at radius 1 is 1.18 bits per heavy atom. The molecule has 1 rings (SSSR count). The van der Waals surface area contributed by atoms with E-state index in [0.717, 1.165) is 25.4 Å². The zero-order chi connectivity index (χ0) is 12.9. The average Bonchev–Trinajstić information content (AvgIpc) is 2.28. The summed E-state index contributed by atoms with van der Waals surface area (Å²) < 4.78 is 0. The molecule has 0 heterocycles. The Labute approximate surface area is 107 Å². The van der Waals surface area contributed by atoms with E-state index in [9.17, 15) is 5.11 Å². The van der Waals surface area contributed by atoms with Crippen molar-refractivity contribution >= 4 is 0 Å². The minimum atomic E-state index is -0.137. The Morgan fingerprint density at radius 3 is 2.24 bits per heavy atom. The van der Waals surface area contributed by atoms with Crippen LogP contribution in [0.2, 0.25) is 0 Å². The highest BCUT2D eigenvalue weighted by Gasteiger charge is 2.31. The van der Waals surface area contributed by atoms with E-state index < -0.39 is 0 Å². The summed E-state index contributed by atoms with van der Waals surface area (Å²) in [7, 11) is 0. The topological polar surface area (TPSA) is 32.3 Å². The van der Waals surface area contributed by atoms with Gasteiger partial charge in [0.15, 0.2) is 0 Å². The fraction of sp³-hybridized carbons (Fsp3) is 1.00. The molecular formula is C15H31NO. The maximum absolute atomic E-state index is 10.1. The largest absolute Gasteiger partial charge is 0.392 e. The van der Waals surface area contributed by atoms with Gasteiger partial charge in [0, 0.05) is 6.54 Å². The van der Waals surface area contributed by atoms with Gasteiger partial charge in [-0.25, -0.2) is 0 Å². The lowest BCUT2D eigenvalue weighted by Crippen LogP contribution is -2.36. The van der Waals surface area contributed by atoms with Gasteiger partial charge in [-0.1, -0.05) is 27.7 Å². The Hall–Kier alpha value is -0.0800. The van der Waals surface area contributed by atoms with Gasteiger partial charge in [-0.05, 0) is 55.9 Å². The Balaban J connectivity index is 2.26. The van der Waals surface area contributed by atoms with E-state index in [0.29, 0.717) is 11.3 Å². The first kappa shape index (κ1) is 15.0. The standard InChI is InChI=1S/C15H31NO/c1-5-10-16-11-14(17)12-6-8-13(9-7-12)15(2,3)4/h12-14,16-17H,5-11H2,1-4H3. The number of aliphatic hydroxyl groups is 1. The van der Waals surface area contributed by atoms with E-state index in [2.05, 4.69) is 33.0 Å². The van der Waals surface area contributed by atoms with Crippen molar-refractivity contribution in [3.05, 3.63) is 0 Å². The summed E-state index contributed by atoms with van der Waals surface area (Å²) in [5, 5.41) is 13.5. The molecule has 0 aliphatic heterocycles. The fourth-order valence-corrected chi connectivity index (χ4v) is 2.96. The van der Waals surface area contributed by atoms with Crippen LogP contribution in [0.15, 0.2) is 0 Å². The second kappa shape index (κ2) is 6.75. The molecule has 0 amide bonds. The van der Waals surface area contributed by atoms with E-state index in [-0.39, 0.29) is 6.10 Å². The molecule has 1 fully saturated rings. The van der Waals surface area contributed by atoms with Crippen molar-refractivity contribution in [2.75, 3.05) is 13.1 Å². The van der Waals surface area contributed by atoms with Crippen LogP contribution < -0.4 is 5.32 Å². The SMILES string of the molecule is CCCNCC(O)C1CCC(C(C)(C)C)CC1. The normalized spacial score (nSPS) is 28.1. The zero-order valence-corrected chi connectivity index (χ0v) is 12.1. The molecule has 0 aromatic carbocycles. The van der Waals surface area contributed by atoms with Gasteiger partial charge in [0.25, 0.3) is 0 Å². The van der Waals surface area contributed by atoms with Crippen molar-refractivity contribution in [3.8, 4) is 0 Å². The van der Waals surface area contributed by atoms with Crippen LogP contribution in [-0.4, -0.2) is 24.3 Å². The molecule has 2 N–H and O–H groups in total. The first-order valence-corrected chi connectivity index (χ1v) is 7.34. The Morgan fingerprint density at radius 2 is 1.76 bits per heavy atom. The molecule has 1 aliphatic carbocycles. The summed E-state index contributed by atoms with van der Waals surface area (Å²) >= 11 is 0. The second-order valence-corrected chi connectivity index (χ2v) is 6.75. The van der Waals surface area contributed by atoms with E-state index in [1.54, 1.807) is 0 Å². The van der Waals surface area contributed by atoms with Crippen molar-refractivity contribution in [3.63, 3.8) is 0 Å². The molecule has 1 aliphatic rings. The number of rotatable bonds is 5. The molecule has 0 aromatic heterocycles. The van der Waals surface area contributed by atoms with Gasteiger partial charge in [0.2, 0.25) is 0 Å². The highest BCUT2D eigenvalue weighted by atomic mass is 16.3. The van der Waals surface area contributed by atoms with Crippen LogP contribution in [0.25, 0.3) is 0 Å². The quantitative estimate of drug-likeness (QED) is 0.725. The monoisotopic (exact) mass is 241 g/mol. The summed E-state index contributed by atoms with van der Waals surface area (Å²) in [5.74, 6) is 1.37. The highest BCUT2D eigenvalue weighted by Crippen LogP contribution is 2.40. The smallest absolute Gasteiger partial charge is 0.0692 e. The van der Waals surface area contributed by atoms with Gasteiger partial charge in [-0.2, -0.15) is 0 Å². The highest BCUT2D eigenvalue weighted by molar-refractivity contribution is 4.83. The first-order valence-electron chi connectivity index (χ1n) is 7.34. The second-order valence-electron chi connectivity index (χ2n) is 6.75. The predicted octanol–water partition coefficient (Wildman–Crippen LogP) is 3.20. The third kappa shape index (κ3) is 4.97. The molecular weight excluding hydrogens is 210 g/mol. The molecule has 1 unspecified atom stereocenters. The van der Waals surface area contributed by atoms with Crippen LogP contribution in [-0.2, 0) is 0 Å². The van der Waals surface area contributed by atoms with E-state index in [4.69, 9.17) is 0 Å². The van der Waals surface area contributed by atoms with Crippen molar-refractivity contribution in [2.45, 2.75) is 65.9 Å². The van der Waals surface area contributed by atoms with Gasteiger partial charge in [0.1, 0.15) is 0 Å². The molecule has 1 saturated carbocycles.